The van der Waals surface area contributed by atoms with Crippen molar-refractivity contribution in [2.45, 2.75) is 20.8 Å². The molecule has 1 aromatic carbocycles. The number of hydrogen-bond acceptors (Lipinski definition) is 3. The summed E-state index contributed by atoms with van der Waals surface area (Å²) in [5.74, 6) is -0.305. The number of amides is 1. The molecular formula is C16H21NO3. The molecule has 0 bridgehead atoms. The first-order valence-electron chi connectivity index (χ1n) is 6.88. The van der Waals surface area contributed by atoms with Gasteiger partial charge in [0.1, 0.15) is 0 Å². The molecule has 20 heavy (non-hydrogen) atoms. The number of esters is 1. The topological polar surface area (TPSA) is 46.6 Å². The van der Waals surface area contributed by atoms with Crippen LogP contribution in [0.3, 0.4) is 0 Å². The zero-order chi connectivity index (χ0) is 14.9. The van der Waals surface area contributed by atoms with E-state index in [-0.39, 0.29) is 23.7 Å². The second kappa shape index (κ2) is 5.65. The van der Waals surface area contributed by atoms with E-state index in [0.717, 1.165) is 11.1 Å². The number of carbonyl (C=O) groups is 2. The minimum absolute atomic E-state index is 0.000697. The van der Waals surface area contributed by atoms with Crippen molar-refractivity contribution in [1.29, 1.82) is 0 Å². The van der Waals surface area contributed by atoms with Crippen molar-refractivity contribution in [3.8, 4) is 0 Å². The van der Waals surface area contributed by atoms with E-state index < -0.39 is 0 Å². The number of methoxy groups -OCH3 is 1. The van der Waals surface area contributed by atoms with Gasteiger partial charge in [-0.15, -0.1) is 0 Å². The van der Waals surface area contributed by atoms with E-state index in [2.05, 4.69) is 0 Å². The molecular weight excluding hydrogens is 254 g/mol. The average molecular weight is 275 g/mol. The van der Waals surface area contributed by atoms with Crippen molar-refractivity contribution in [3.05, 3.63) is 34.9 Å². The number of nitrogens with zero attached hydrogens (tertiary/aromatic N) is 1. The zero-order valence-electron chi connectivity index (χ0n) is 12.5. The van der Waals surface area contributed by atoms with Crippen LogP contribution in [0.4, 0.5) is 0 Å². The van der Waals surface area contributed by atoms with E-state index in [1.807, 2.05) is 39.0 Å². The molecule has 4 nitrogen and oxygen atoms in total. The van der Waals surface area contributed by atoms with E-state index >= 15 is 0 Å². The fourth-order valence-electron chi connectivity index (χ4n) is 2.81. The third-order valence-electron chi connectivity index (χ3n) is 4.02. The van der Waals surface area contributed by atoms with Gasteiger partial charge in [-0.2, -0.15) is 0 Å². The van der Waals surface area contributed by atoms with Crippen LogP contribution >= 0.6 is 0 Å². The highest BCUT2D eigenvalue weighted by Gasteiger charge is 2.38. The van der Waals surface area contributed by atoms with Crippen LogP contribution in [0.2, 0.25) is 0 Å². The smallest absolute Gasteiger partial charge is 0.310 e. The highest BCUT2D eigenvalue weighted by molar-refractivity contribution is 5.96. The molecule has 1 fully saturated rings. The molecule has 1 saturated heterocycles. The number of aryl methyl sites for hydroxylation is 2. The molecule has 0 aromatic heterocycles. The molecule has 4 heteroatoms. The van der Waals surface area contributed by atoms with Crippen molar-refractivity contribution in [3.63, 3.8) is 0 Å². The molecule has 0 saturated carbocycles. The monoisotopic (exact) mass is 275 g/mol. The summed E-state index contributed by atoms with van der Waals surface area (Å²) in [5.41, 5.74) is 2.83. The summed E-state index contributed by atoms with van der Waals surface area (Å²) < 4.78 is 4.80. The van der Waals surface area contributed by atoms with Gasteiger partial charge in [0.25, 0.3) is 5.91 Å². The number of ether oxygens (including phenoxy) is 1. The van der Waals surface area contributed by atoms with Crippen molar-refractivity contribution < 1.29 is 14.3 Å². The predicted octanol–water partition coefficient (Wildman–Crippen LogP) is 2.18. The van der Waals surface area contributed by atoms with Crippen LogP contribution in [-0.4, -0.2) is 37.0 Å². The van der Waals surface area contributed by atoms with Gasteiger partial charge in [0, 0.05) is 18.7 Å². The summed E-state index contributed by atoms with van der Waals surface area (Å²) in [6.07, 6.45) is 0. The zero-order valence-corrected chi connectivity index (χ0v) is 12.5. The highest BCUT2D eigenvalue weighted by Crippen LogP contribution is 2.26. The first kappa shape index (κ1) is 14.6. The average Bonchev–Trinajstić information content (AvgIpc) is 2.79. The normalized spacial score (nSPS) is 21.9. The fraction of sp³-hybridized carbons (Fsp3) is 0.500. The Hall–Kier alpha value is -1.84. The number of benzene rings is 1. The number of carbonyl (C=O) groups excluding carboxylic acids is 2. The minimum atomic E-state index is -0.228. The molecule has 0 N–H and O–H groups in total. The SMILES string of the molecule is COC(=O)C1CN(C(=O)c2ccc(C)cc2C)CC1C. The summed E-state index contributed by atoms with van der Waals surface area (Å²) >= 11 is 0. The van der Waals surface area contributed by atoms with Gasteiger partial charge in [-0.1, -0.05) is 24.6 Å². The van der Waals surface area contributed by atoms with E-state index in [4.69, 9.17) is 4.74 Å². The van der Waals surface area contributed by atoms with Gasteiger partial charge in [0.05, 0.1) is 13.0 Å². The summed E-state index contributed by atoms with van der Waals surface area (Å²) in [5, 5.41) is 0. The Labute approximate surface area is 119 Å². The number of hydrogen-bond donors (Lipinski definition) is 0. The lowest BCUT2D eigenvalue weighted by Gasteiger charge is -2.17. The first-order valence-corrected chi connectivity index (χ1v) is 6.88. The lowest BCUT2D eigenvalue weighted by Crippen LogP contribution is -2.30. The fourth-order valence-corrected chi connectivity index (χ4v) is 2.81. The number of rotatable bonds is 2. The molecule has 2 atom stereocenters. The maximum absolute atomic E-state index is 12.6. The van der Waals surface area contributed by atoms with Crippen molar-refractivity contribution >= 4 is 11.9 Å². The van der Waals surface area contributed by atoms with Crippen molar-refractivity contribution in [1.82, 2.24) is 4.90 Å². The second-order valence-corrected chi connectivity index (χ2v) is 5.64. The number of likely N-dealkylation sites (tertiary alicyclic amines) is 1. The van der Waals surface area contributed by atoms with Gasteiger partial charge in [0.2, 0.25) is 0 Å². The van der Waals surface area contributed by atoms with Gasteiger partial charge in [-0.3, -0.25) is 9.59 Å². The lowest BCUT2D eigenvalue weighted by atomic mass is 9.99. The van der Waals surface area contributed by atoms with Gasteiger partial charge >= 0.3 is 5.97 Å². The quantitative estimate of drug-likeness (QED) is 0.777. The summed E-state index contributed by atoms with van der Waals surface area (Å²) in [6, 6.07) is 5.81. The molecule has 0 spiro atoms. The Morgan fingerprint density at radius 3 is 2.55 bits per heavy atom. The van der Waals surface area contributed by atoms with Crippen LogP contribution < -0.4 is 0 Å². The lowest BCUT2D eigenvalue weighted by molar-refractivity contribution is -0.146. The standard InChI is InChI=1S/C16H21NO3/c1-10-5-6-13(11(2)7-10)15(18)17-8-12(3)14(9-17)16(19)20-4/h5-7,12,14H,8-9H2,1-4H3. The van der Waals surface area contributed by atoms with E-state index in [1.165, 1.54) is 7.11 Å². The third-order valence-corrected chi connectivity index (χ3v) is 4.02. The maximum atomic E-state index is 12.6. The second-order valence-electron chi connectivity index (χ2n) is 5.64. The van der Waals surface area contributed by atoms with Crippen molar-refractivity contribution in [2.24, 2.45) is 11.8 Å². The molecule has 1 aliphatic heterocycles. The Morgan fingerprint density at radius 1 is 1.25 bits per heavy atom. The van der Waals surface area contributed by atoms with Crippen LogP contribution in [0.15, 0.2) is 18.2 Å². The van der Waals surface area contributed by atoms with Gasteiger partial charge in [0.15, 0.2) is 0 Å². The summed E-state index contributed by atoms with van der Waals surface area (Å²) in [6.45, 7) is 6.98. The molecule has 1 aromatic rings. The summed E-state index contributed by atoms with van der Waals surface area (Å²) in [4.78, 5) is 26.0. The Morgan fingerprint density at radius 2 is 1.95 bits per heavy atom. The van der Waals surface area contributed by atoms with E-state index in [9.17, 15) is 9.59 Å². The summed E-state index contributed by atoms with van der Waals surface area (Å²) in [7, 11) is 1.39. The first-order chi connectivity index (χ1) is 9.43. The molecule has 1 aliphatic rings. The van der Waals surface area contributed by atoms with Gasteiger partial charge in [-0.05, 0) is 31.4 Å². The van der Waals surface area contributed by atoms with Crippen LogP contribution in [0.5, 0.6) is 0 Å². The molecule has 2 rings (SSSR count). The van der Waals surface area contributed by atoms with Crippen LogP contribution in [-0.2, 0) is 9.53 Å². The minimum Gasteiger partial charge on any atom is -0.469 e. The van der Waals surface area contributed by atoms with E-state index in [0.29, 0.717) is 18.7 Å². The molecule has 108 valence electrons. The Bertz CT molecular complexity index is 539. The Kier molecular flexibility index (Phi) is 4.12. The van der Waals surface area contributed by atoms with Crippen LogP contribution in [0.25, 0.3) is 0 Å². The third kappa shape index (κ3) is 2.69. The van der Waals surface area contributed by atoms with E-state index in [1.54, 1.807) is 4.90 Å². The molecule has 2 unspecified atom stereocenters. The maximum Gasteiger partial charge on any atom is 0.310 e. The van der Waals surface area contributed by atoms with Crippen molar-refractivity contribution in [2.75, 3.05) is 20.2 Å². The van der Waals surface area contributed by atoms with Gasteiger partial charge < -0.3 is 9.64 Å². The van der Waals surface area contributed by atoms with Crippen LogP contribution in [0, 0.1) is 25.7 Å². The molecule has 0 radical (unpaired) electrons. The molecule has 1 heterocycles. The van der Waals surface area contributed by atoms with Gasteiger partial charge in [-0.25, -0.2) is 0 Å². The van der Waals surface area contributed by atoms with Crippen LogP contribution in [0.1, 0.15) is 28.4 Å². The Balaban J connectivity index is 2.17. The largest absolute Gasteiger partial charge is 0.469 e. The molecule has 1 amide bonds. The molecule has 0 aliphatic carbocycles. The highest BCUT2D eigenvalue weighted by atomic mass is 16.5. The predicted molar refractivity (Wildman–Crippen MR) is 76.5 cm³/mol.